The van der Waals surface area contributed by atoms with Crippen LogP contribution in [-0.2, 0) is 8.85 Å². The summed E-state index contributed by atoms with van der Waals surface area (Å²) in [6.45, 7) is 27.7. The maximum atomic E-state index is 13.6. The van der Waals surface area contributed by atoms with Crippen molar-refractivity contribution in [3.05, 3.63) is 38.9 Å². The van der Waals surface area contributed by atoms with Gasteiger partial charge in [-0.25, -0.2) is 9.97 Å². The molecule has 1 saturated carbocycles. The SMILES string of the molecule is CC(C)[Si](O[C@H]1C[C@H](Nc2ncncc2C(=O)c2cc([C@@H](C)O)c(Cl)s2)C[C@@H]1CO[Si](C)(C)C(C)(C)C)(C(C)C)C(C)C. The molecule has 2 aromatic rings. The molecule has 3 rings (SSSR count). The van der Waals surface area contributed by atoms with Crippen LogP contribution in [0.25, 0.3) is 0 Å². The van der Waals surface area contributed by atoms with Crippen LogP contribution >= 0.6 is 22.9 Å². The number of hydrogen-bond acceptors (Lipinski definition) is 8. The number of thiophene rings is 1. The van der Waals surface area contributed by atoms with E-state index in [4.69, 9.17) is 20.5 Å². The fraction of sp³-hybridized carbons (Fsp3) is 0.719. The van der Waals surface area contributed by atoms with E-state index in [1.54, 1.807) is 19.2 Å². The zero-order valence-electron chi connectivity index (χ0n) is 28.2. The van der Waals surface area contributed by atoms with Gasteiger partial charge >= 0.3 is 0 Å². The van der Waals surface area contributed by atoms with Crippen molar-refractivity contribution in [2.45, 2.75) is 135 Å². The molecule has 0 aromatic carbocycles. The Balaban J connectivity index is 1.91. The molecular formula is C32H54ClN3O4SSi2. The molecule has 0 amide bonds. The highest BCUT2D eigenvalue weighted by Gasteiger charge is 2.50. The zero-order chi connectivity index (χ0) is 32.5. The second-order valence-corrected chi connectivity index (χ2v) is 26.6. The topological polar surface area (TPSA) is 93.6 Å². The Morgan fingerprint density at radius 1 is 1.12 bits per heavy atom. The average Bonchev–Trinajstić information content (AvgIpc) is 3.47. The minimum Gasteiger partial charge on any atom is -0.416 e. The molecular weight excluding hydrogens is 614 g/mol. The highest BCUT2D eigenvalue weighted by Crippen LogP contribution is 2.47. The molecule has 4 atom stereocenters. The van der Waals surface area contributed by atoms with Crippen LogP contribution in [0, 0.1) is 5.92 Å². The molecule has 0 spiro atoms. The van der Waals surface area contributed by atoms with Crippen LogP contribution in [-0.4, -0.2) is 56.2 Å². The Morgan fingerprint density at radius 3 is 2.23 bits per heavy atom. The molecule has 2 aromatic heterocycles. The summed E-state index contributed by atoms with van der Waals surface area (Å²) in [6, 6.07) is 1.73. The standard InChI is InChI=1S/C32H54ClN3O4SSi2/c1-19(2)43(20(3)4,21(5)6)40-27-14-24(13-23(27)17-39-42(11,12)32(8,9)10)36-31-26(16-34-18-35-31)29(38)28-15-25(22(7)37)30(33)41-28/h15-16,18-24,27,37H,13-14,17H2,1-12H3,(H,34,35,36)/t22-,23-,24-,27+/m1/s1. The molecule has 43 heavy (non-hydrogen) atoms. The van der Waals surface area contributed by atoms with Gasteiger partial charge in [0.1, 0.15) is 12.1 Å². The highest BCUT2D eigenvalue weighted by atomic mass is 35.5. The number of rotatable bonds is 13. The molecule has 2 heterocycles. The number of halogens is 1. The van der Waals surface area contributed by atoms with E-state index < -0.39 is 22.7 Å². The fourth-order valence-corrected chi connectivity index (χ4v) is 14.5. The number of aliphatic hydroxyl groups is 1. The summed E-state index contributed by atoms with van der Waals surface area (Å²) < 4.78 is 14.6. The lowest BCUT2D eigenvalue weighted by Crippen LogP contribution is -2.51. The molecule has 1 fully saturated rings. The van der Waals surface area contributed by atoms with E-state index >= 15 is 0 Å². The predicted molar refractivity (Wildman–Crippen MR) is 185 cm³/mol. The van der Waals surface area contributed by atoms with Gasteiger partial charge in [0, 0.05) is 30.3 Å². The van der Waals surface area contributed by atoms with E-state index in [-0.39, 0.29) is 28.9 Å². The van der Waals surface area contributed by atoms with Crippen molar-refractivity contribution < 1.29 is 18.8 Å². The van der Waals surface area contributed by atoms with Crippen molar-refractivity contribution in [1.82, 2.24) is 9.97 Å². The number of aliphatic hydroxyl groups excluding tert-OH is 1. The number of aromatic nitrogens is 2. The molecule has 0 bridgehead atoms. The smallest absolute Gasteiger partial charge is 0.208 e. The van der Waals surface area contributed by atoms with Crippen molar-refractivity contribution >= 4 is 51.2 Å². The first kappa shape index (κ1) is 36.3. The number of hydrogen-bond donors (Lipinski definition) is 2. The third kappa shape index (κ3) is 7.99. The summed E-state index contributed by atoms with van der Waals surface area (Å²) in [5.41, 5.74) is 2.39. The third-order valence-electron chi connectivity index (χ3n) is 9.84. The van der Waals surface area contributed by atoms with Crippen LogP contribution in [0.15, 0.2) is 18.6 Å². The summed E-state index contributed by atoms with van der Waals surface area (Å²) in [5.74, 6) is 0.537. The van der Waals surface area contributed by atoms with Gasteiger partial charge < -0.3 is 19.3 Å². The number of nitrogens with zero attached hydrogens (tertiary/aromatic N) is 2. The highest BCUT2D eigenvalue weighted by molar-refractivity contribution is 7.18. The van der Waals surface area contributed by atoms with Crippen molar-refractivity contribution in [2.75, 3.05) is 11.9 Å². The van der Waals surface area contributed by atoms with Gasteiger partial charge in [-0.15, -0.1) is 11.3 Å². The van der Waals surface area contributed by atoms with Gasteiger partial charge in [-0.05, 0) is 60.6 Å². The van der Waals surface area contributed by atoms with Gasteiger partial charge in [-0.2, -0.15) is 0 Å². The van der Waals surface area contributed by atoms with Crippen LogP contribution in [0.5, 0.6) is 0 Å². The normalized spacial score (nSPS) is 20.8. The molecule has 0 saturated heterocycles. The zero-order valence-corrected chi connectivity index (χ0v) is 31.8. The second-order valence-electron chi connectivity index (χ2n) is 14.7. The lowest BCUT2D eigenvalue weighted by atomic mass is 10.1. The van der Waals surface area contributed by atoms with Crippen LogP contribution in [0.4, 0.5) is 5.82 Å². The Bertz CT molecular complexity index is 1220. The first-order valence-corrected chi connectivity index (χ1v) is 22.0. The van der Waals surface area contributed by atoms with Crippen LogP contribution < -0.4 is 5.32 Å². The summed E-state index contributed by atoms with van der Waals surface area (Å²) in [7, 11) is -4.09. The van der Waals surface area contributed by atoms with Crippen LogP contribution in [0.2, 0.25) is 39.1 Å². The second kappa shape index (κ2) is 14.1. The van der Waals surface area contributed by atoms with Crippen LogP contribution in [0.3, 0.4) is 0 Å². The summed E-state index contributed by atoms with van der Waals surface area (Å²) >= 11 is 7.50. The minimum absolute atomic E-state index is 0.0619. The van der Waals surface area contributed by atoms with E-state index in [1.165, 1.54) is 17.7 Å². The average molecular weight is 668 g/mol. The van der Waals surface area contributed by atoms with Gasteiger partial charge in [0.05, 0.1) is 27.0 Å². The molecule has 0 unspecified atom stereocenters. The predicted octanol–water partition coefficient (Wildman–Crippen LogP) is 9.25. The number of ketones is 1. The van der Waals surface area contributed by atoms with Gasteiger partial charge in [0.2, 0.25) is 14.1 Å². The van der Waals surface area contributed by atoms with E-state index in [0.29, 0.717) is 49.4 Å². The maximum absolute atomic E-state index is 13.6. The minimum atomic E-state index is -2.14. The van der Waals surface area contributed by atoms with Gasteiger partial charge in [-0.3, -0.25) is 4.79 Å². The molecule has 1 aliphatic rings. The first-order chi connectivity index (χ1) is 19.8. The lowest BCUT2D eigenvalue weighted by Gasteiger charge is -2.45. The Labute approximate surface area is 270 Å². The van der Waals surface area contributed by atoms with Crippen molar-refractivity contribution in [2.24, 2.45) is 5.92 Å². The summed E-state index contributed by atoms with van der Waals surface area (Å²) in [5, 5.41) is 13.8. The van der Waals surface area contributed by atoms with Gasteiger partial charge in [0.15, 0.2) is 8.32 Å². The fourth-order valence-electron chi connectivity index (χ4n) is 6.44. The van der Waals surface area contributed by atoms with Gasteiger partial charge in [0.25, 0.3) is 0 Å². The van der Waals surface area contributed by atoms with E-state index in [2.05, 4.69) is 90.7 Å². The van der Waals surface area contributed by atoms with E-state index in [1.807, 2.05) is 0 Å². The third-order valence-corrected chi connectivity index (χ3v) is 21.9. The number of anilines is 1. The molecule has 11 heteroatoms. The molecule has 2 N–H and O–H groups in total. The molecule has 1 aliphatic carbocycles. The van der Waals surface area contributed by atoms with Crippen molar-refractivity contribution in [3.63, 3.8) is 0 Å². The van der Waals surface area contributed by atoms with Crippen molar-refractivity contribution in [3.8, 4) is 0 Å². The van der Waals surface area contributed by atoms with E-state index in [9.17, 15) is 9.90 Å². The molecule has 242 valence electrons. The Morgan fingerprint density at radius 2 is 1.72 bits per heavy atom. The quantitative estimate of drug-likeness (QED) is 0.162. The number of carbonyl (C=O) groups is 1. The van der Waals surface area contributed by atoms with Gasteiger partial charge in [-0.1, -0.05) is 73.9 Å². The molecule has 0 radical (unpaired) electrons. The molecule has 0 aliphatic heterocycles. The Hall–Kier alpha value is -1.15. The first-order valence-electron chi connectivity index (χ1n) is 15.7. The Kier molecular flexibility index (Phi) is 11.9. The lowest BCUT2D eigenvalue weighted by molar-refractivity contribution is 0.0971. The molecule has 7 nitrogen and oxygen atoms in total. The summed E-state index contributed by atoms with van der Waals surface area (Å²) in [6.07, 6.45) is 4.02. The monoisotopic (exact) mass is 667 g/mol. The van der Waals surface area contributed by atoms with Crippen LogP contribution in [0.1, 0.15) is 109 Å². The number of carbonyl (C=O) groups excluding carboxylic acids is 1. The van der Waals surface area contributed by atoms with E-state index in [0.717, 1.165) is 12.8 Å². The maximum Gasteiger partial charge on any atom is 0.208 e. The van der Waals surface area contributed by atoms with Crippen molar-refractivity contribution in [1.29, 1.82) is 0 Å². The summed E-state index contributed by atoms with van der Waals surface area (Å²) in [4.78, 5) is 22.7. The largest absolute Gasteiger partial charge is 0.416 e. The number of nitrogens with one attached hydrogen (secondary N) is 1.